The van der Waals surface area contributed by atoms with Crippen molar-refractivity contribution < 1.29 is 9.90 Å². The summed E-state index contributed by atoms with van der Waals surface area (Å²) < 4.78 is 0. The number of nitrogens with zero attached hydrogens (tertiary/aromatic N) is 4. The van der Waals surface area contributed by atoms with Crippen molar-refractivity contribution in [3.05, 3.63) is 18.1 Å². The van der Waals surface area contributed by atoms with Gasteiger partial charge in [-0.25, -0.2) is 9.97 Å². The molecule has 0 bridgehead atoms. The van der Waals surface area contributed by atoms with Gasteiger partial charge in [0.1, 0.15) is 11.9 Å². The highest BCUT2D eigenvalue weighted by molar-refractivity contribution is 5.76. The minimum atomic E-state index is -0.731. The van der Waals surface area contributed by atoms with Crippen LogP contribution in [0.5, 0.6) is 0 Å². The Morgan fingerprint density at radius 2 is 2.35 bits per heavy atom. The lowest BCUT2D eigenvalue weighted by molar-refractivity contribution is -0.150. The zero-order chi connectivity index (χ0) is 14.6. The third-order valence-corrected chi connectivity index (χ3v) is 3.84. The van der Waals surface area contributed by atoms with Crippen LogP contribution in [-0.4, -0.2) is 34.1 Å². The van der Waals surface area contributed by atoms with Crippen LogP contribution in [0.2, 0.25) is 0 Å². The maximum atomic E-state index is 11.6. The lowest BCUT2D eigenvalue weighted by atomic mass is 9.76. The van der Waals surface area contributed by atoms with Crippen molar-refractivity contribution in [2.45, 2.75) is 32.6 Å². The SMILES string of the molecule is CCCC1(C(=O)O)CCCN(c2cnc(C#N)cn2)C1. The van der Waals surface area contributed by atoms with E-state index in [2.05, 4.69) is 9.97 Å². The van der Waals surface area contributed by atoms with E-state index in [0.717, 1.165) is 19.4 Å². The fourth-order valence-corrected chi connectivity index (χ4v) is 2.83. The molecule has 1 aromatic rings. The van der Waals surface area contributed by atoms with Crippen LogP contribution in [0.1, 0.15) is 38.3 Å². The molecule has 0 saturated carbocycles. The van der Waals surface area contributed by atoms with E-state index in [-0.39, 0.29) is 5.69 Å². The Morgan fingerprint density at radius 1 is 1.55 bits per heavy atom. The lowest BCUT2D eigenvalue weighted by Gasteiger charge is -2.40. The van der Waals surface area contributed by atoms with Crippen molar-refractivity contribution in [2.75, 3.05) is 18.0 Å². The Hall–Kier alpha value is -2.16. The van der Waals surface area contributed by atoms with Crippen LogP contribution >= 0.6 is 0 Å². The highest BCUT2D eigenvalue weighted by Crippen LogP contribution is 2.36. The van der Waals surface area contributed by atoms with E-state index in [9.17, 15) is 9.90 Å². The van der Waals surface area contributed by atoms with E-state index < -0.39 is 11.4 Å². The van der Waals surface area contributed by atoms with Crippen molar-refractivity contribution in [1.82, 2.24) is 9.97 Å². The van der Waals surface area contributed by atoms with Crippen LogP contribution < -0.4 is 4.90 Å². The van der Waals surface area contributed by atoms with Gasteiger partial charge in [0.05, 0.1) is 17.8 Å². The van der Waals surface area contributed by atoms with Gasteiger partial charge in [0, 0.05) is 13.1 Å². The summed E-state index contributed by atoms with van der Waals surface area (Å²) in [6.45, 7) is 3.24. The molecule has 1 fully saturated rings. The topological polar surface area (TPSA) is 90.1 Å². The Labute approximate surface area is 118 Å². The molecule has 1 saturated heterocycles. The van der Waals surface area contributed by atoms with Crippen LogP contribution in [0, 0.1) is 16.7 Å². The maximum absolute atomic E-state index is 11.6. The number of carbonyl (C=O) groups is 1. The van der Waals surface area contributed by atoms with Gasteiger partial charge in [0.2, 0.25) is 0 Å². The van der Waals surface area contributed by atoms with Crippen molar-refractivity contribution >= 4 is 11.8 Å². The molecule has 0 radical (unpaired) electrons. The van der Waals surface area contributed by atoms with Crippen LogP contribution in [0.3, 0.4) is 0 Å². The molecule has 2 heterocycles. The molecule has 1 aliphatic rings. The summed E-state index contributed by atoms with van der Waals surface area (Å²) in [4.78, 5) is 21.8. The normalized spacial score (nSPS) is 22.3. The number of anilines is 1. The minimum absolute atomic E-state index is 0.267. The van der Waals surface area contributed by atoms with Gasteiger partial charge in [0.15, 0.2) is 5.69 Å². The van der Waals surface area contributed by atoms with Crippen molar-refractivity contribution in [1.29, 1.82) is 5.26 Å². The number of aliphatic carboxylic acids is 1. The first-order chi connectivity index (χ1) is 9.61. The molecule has 6 heteroatoms. The minimum Gasteiger partial charge on any atom is -0.481 e. The highest BCUT2D eigenvalue weighted by Gasteiger charge is 2.41. The number of rotatable bonds is 4. The summed E-state index contributed by atoms with van der Waals surface area (Å²) in [5, 5.41) is 18.3. The number of hydrogen-bond donors (Lipinski definition) is 1. The number of piperidine rings is 1. The Morgan fingerprint density at radius 3 is 2.90 bits per heavy atom. The van der Waals surface area contributed by atoms with Gasteiger partial charge in [-0.2, -0.15) is 5.26 Å². The first kappa shape index (κ1) is 14.3. The second-order valence-corrected chi connectivity index (χ2v) is 5.23. The van der Waals surface area contributed by atoms with Crippen molar-refractivity contribution in [3.8, 4) is 6.07 Å². The van der Waals surface area contributed by atoms with E-state index in [1.54, 1.807) is 6.20 Å². The molecule has 0 amide bonds. The van der Waals surface area contributed by atoms with Crippen molar-refractivity contribution in [3.63, 3.8) is 0 Å². The van der Waals surface area contributed by atoms with E-state index in [1.807, 2.05) is 17.9 Å². The number of hydrogen-bond acceptors (Lipinski definition) is 5. The monoisotopic (exact) mass is 274 g/mol. The van der Waals surface area contributed by atoms with Crippen LogP contribution in [0.25, 0.3) is 0 Å². The van der Waals surface area contributed by atoms with Gasteiger partial charge in [-0.05, 0) is 19.3 Å². The van der Waals surface area contributed by atoms with Gasteiger partial charge in [-0.1, -0.05) is 13.3 Å². The second-order valence-electron chi connectivity index (χ2n) is 5.23. The summed E-state index contributed by atoms with van der Waals surface area (Å²) in [5.74, 6) is -0.0870. The average Bonchev–Trinajstić information content (AvgIpc) is 2.48. The Bertz CT molecular complexity index is 519. The maximum Gasteiger partial charge on any atom is 0.311 e. The molecule has 0 aromatic carbocycles. The molecule has 1 atom stereocenters. The fraction of sp³-hybridized carbons (Fsp3) is 0.571. The molecule has 0 spiro atoms. The van der Waals surface area contributed by atoms with E-state index in [4.69, 9.17) is 5.26 Å². The molecule has 1 aromatic heterocycles. The quantitative estimate of drug-likeness (QED) is 0.900. The number of carboxylic acids is 1. The number of nitriles is 1. The molecular formula is C14H18N4O2. The standard InChI is InChI=1S/C14H18N4O2/c1-2-4-14(13(19)20)5-3-6-18(10-14)12-9-16-11(7-15)8-17-12/h8-9H,2-6,10H2,1H3,(H,19,20). The molecule has 106 valence electrons. The van der Waals surface area contributed by atoms with Crippen LogP contribution in [0.15, 0.2) is 12.4 Å². The smallest absolute Gasteiger partial charge is 0.311 e. The Kier molecular flexibility index (Phi) is 4.18. The predicted octanol–water partition coefficient (Wildman–Crippen LogP) is 1.82. The molecule has 1 N–H and O–H groups in total. The van der Waals surface area contributed by atoms with Gasteiger partial charge >= 0.3 is 5.97 Å². The summed E-state index contributed by atoms with van der Waals surface area (Å²) in [7, 11) is 0. The Balaban J connectivity index is 2.20. The molecule has 1 aliphatic heterocycles. The number of carboxylic acid groups (broad SMARTS) is 1. The first-order valence-electron chi connectivity index (χ1n) is 6.82. The van der Waals surface area contributed by atoms with Gasteiger partial charge in [-0.15, -0.1) is 0 Å². The molecular weight excluding hydrogens is 256 g/mol. The van der Waals surface area contributed by atoms with E-state index in [1.165, 1.54) is 6.20 Å². The van der Waals surface area contributed by atoms with Gasteiger partial charge in [0.25, 0.3) is 0 Å². The van der Waals surface area contributed by atoms with Crippen LogP contribution in [-0.2, 0) is 4.79 Å². The number of aromatic nitrogens is 2. The first-order valence-corrected chi connectivity index (χ1v) is 6.82. The summed E-state index contributed by atoms with van der Waals surface area (Å²) in [5.41, 5.74) is -0.424. The molecule has 6 nitrogen and oxygen atoms in total. The van der Waals surface area contributed by atoms with Gasteiger partial charge in [-0.3, -0.25) is 4.79 Å². The predicted molar refractivity (Wildman–Crippen MR) is 73.2 cm³/mol. The summed E-state index contributed by atoms with van der Waals surface area (Å²) in [6, 6.07) is 1.93. The average molecular weight is 274 g/mol. The summed E-state index contributed by atoms with van der Waals surface area (Å²) in [6.07, 6.45) is 6.01. The van der Waals surface area contributed by atoms with E-state index >= 15 is 0 Å². The highest BCUT2D eigenvalue weighted by atomic mass is 16.4. The molecule has 2 rings (SSSR count). The zero-order valence-corrected chi connectivity index (χ0v) is 11.5. The summed E-state index contributed by atoms with van der Waals surface area (Å²) >= 11 is 0. The molecule has 0 aliphatic carbocycles. The van der Waals surface area contributed by atoms with Crippen LogP contribution in [0.4, 0.5) is 5.82 Å². The third kappa shape index (κ3) is 2.72. The fourth-order valence-electron chi connectivity index (χ4n) is 2.83. The second kappa shape index (κ2) is 5.87. The lowest BCUT2D eigenvalue weighted by Crippen LogP contribution is -2.48. The molecule has 20 heavy (non-hydrogen) atoms. The van der Waals surface area contributed by atoms with Crippen molar-refractivity contribution in [2.24, 2.45) is 5.41 Å². The van der Waals surface area contributed by atoms with E-state index in [0.29, 0.717) is 25.2 Å². The zero-order valence-electron chi connectivity index (χ0n) is 11.5. The third-order valence-electron chi connectivity index (χ3n) is 3.84. The largest absolute Gasteiger partial charge is 0.481 e. The molecule has 1 unspecified atom stereocenters. The van der Waals surface area contributed by atoms with Gasteiger partial charge < -0.3 is 10.0 Å².